The molecule has 0 fully saturated rings. The summed E-state index contributed by atoms with van der Waals surface area (Å²) in [5.41, 5.74) is 2.85. The van der Waals surface area contributed by atoms with E-state index >= 15 is 0 Å². The summed E-state index contributed by atoms with van der Waals surface area (Å²) in [5.74, 6) is 1.64. The Hall–Kier alpha value is -2.27. The molecule has 0 aromatic heterocycles. The van der Waals surface area contributed by atoms with Gasteiger partial charge in [0.1, 0.15) is 11.5 Å². The van der Waals surface area contributed by atoms with Crippen LogP contribution in [0.5, 0.6) is 11.5 Å². The average molecular weight is 223 g/mol. The number of ether oxygens (including phenoxy) is 1. The molecule has 2 rings (SSSR count). The van der Waals surface area contributed by atoms with Crippen LogP contribution in [0.3, 0.4) is 0 Å². The van der Waals surface area contributed by atoms with E-state index in [2.05, 4.69) is 6.07 Å². The van der Waals surface area contributed by atoms with Gasteiger partial charge in [0.25, 0.3) is 0 Å². The lowest BCUT2D eigenvalue weighted by Crippen LogP contribution is -1.90. The van der Waals surface area contributed by atoms with Crippen LogP contribution in [0.2, 0.25) is 0 Å². The van der Waals surface area contributed by atoms with Crippen LogP contribution in [0, 0.1) is 25.2 Å². The summed E-state index contributed by atoms with van der Waals surface area (Å²) >= 11 is 0. The number of hydrogen-bond acceptors (Lipinski definition) is 2. The summed E-state index contributed by atoms with van der Waals surface area (Å²) in [4.78, 5) is 0. The van der Waals surface area contributed by atoms with Gasteiger partial charge in [-0.1, -0.05) is 18.2 Å². The van der Waals surface area contributed by atoms with Crippen LogP contribution in [-0.2, 0) is 0 Å². The van der Waals surface area contributed by atoms with Gasteiger partial charge in [0.15, 0.2) is 0 Å². The summed E-state index contributed by atoms with van der Waals surface area (Å²) in [6.45, 7) is 4.04. The first-order chi connectivity index (χ1) is 8.20. The summed E-state index contributed by atoms with van der Waals surface area (Å²) in [5, 5.41) is 8.72. The molecule has 0 saturated carbocycles. The van der Waals surface area contributed by atoms with Crippen molar-refractivity contribution in [3.63, 3.8) is 0 Å². The minimum atomic E-state index is 0.638. The molecule has 0 aliphatic rings. The fourth-order valence-electron chi connectivity index (χ4n) is 1.68. The smallest absolute Gasteiger partial charge is 0.133 e. The maximum Gasteiger partial charge on any atom is 0.133 e. The Morgan fingerprint density at radius 3 is 2.06 bits per heavy atom. The molecule has 0 N–H and O–H groups in total. The molecule has 2 nitrogen and oxygen atoms in total. The molecule has 2 heteroatoms. The van der Waals surface area contributed by atoms with Crippen molar-refractivity contribution < 1.29 is 4.74 Å². The third-order valence-corrected chi connectivity index (χ3v) is 2.61. The van der Waals surface area contributed by atoms with Gasteiger partial charge in [-0.15, -0.1) is 0 Å². The molecule has 17 heavy (non-hydrogen) atoms. The average Bonchev–Trinajstić information content (AvgIpc) is 2.35. The monoisotopic (exact) mass is 223 g/mol. The number of para-hydroxylation sites is 1. The van der Waals surface area contributed by atoms with Crippen molar-refractivity contribution >= 4 is 0 Å². The van der Waals surface area contributed by atoms with E-state index in [9.17, 15) is 0 Å². The topological polar surface area (TPSA) is 33.0 Å². The first-order valence-electron chi connectivity index (χ1n) is 5.45. The molecule has 0 aliphatic heterocycles. The van der Waals surface area contributed by atoms with Crippen LogP contribution in [0.4, 0.5) is 0 Å². The van der Waals surface area contributed by atoms with E-state index in [1.54, 1.807) is 12.1 Å². The van der Waals surface area contributed by atoms with Crippen LogP contribution < -0.4 is 4.74 Å². The van der Waals surface area contributed by atoms with Crippen LogP contribution in [-0.4, -0.2) is 0 Å². The highest BCUT2D eigenvalue weighted by atomic mass is 16.5. The van der Waals surface area contributed by atoms with Crippen molar-refractivity contribution in [2.75, 3.05) is 0 Å². The van der Waals surface area contributed by atoms with Crippen LogP contribution >= 0.6 is 0 Å². The van der Waals surface area contributed by atoms with Gasteiger partial charge in [0.2, 0.25) is 0 Å². The standard InChI is InChI=1S/C15H13NO/c1-11-4-3-5-12(2)15(11)17-14-8-6-13(10-16)7-9-14/h3-9H,1-2H3. The molecular formula is C15H13NO. The SMILES string of the molecule is Cc1cccc(C)c1Oc1ccc(C#N)cc1. The highest BCUT2D eigenvalue weighted by Crippen LogP contribution is 2.28. The van der Waals surface area contributed by atoms with Gasteiger partial charge in [0.05, 0.1) is 11.6 Å². The summed E-state index contributed by atoms with van der Waals surface area (Å²) in [6.07, 6.45) is 0. The predicted molar refractivity (Wildman–Crippen MR) is 67.1 cm³/mol. The minimum Gasteiger partial charge on any atom is -0.457 e. The Balaban J connectivity index is 2.29. The predicted octanol–water partition coefficient (Wildman–Crippen LogP) is 3.97. The Bertz CT molecular complexity index is 544. The lowest BCUT2D eigenvalue weighted by molar-refractivity contribution is 0.475. The maximum atomic E-state index is 8.72. The maximum absolute atomic E-state index is 8.72. The van der Waals surface area contributed by atoms with Crippen molar-refractivity contribution in [3.8, 4) is 17.6 Å². The van der Waals surface area contributed by atoms with E-state index in [0.717, 1.165) is 22.6 Å². The van der Waals surface area contributed by atoms with E-state index in [4.69, 9.17) is 10.00 Å². The zero-order valence-corrected chi connectivity index (χ0v) is 9.90. The molecule has 0 atom stereocenters. The van der Waals surface area contributed by atoms with Crippen molar-refractivity contribution in [1.29, 1.82) is 5.26 Å². The fourth-order valence-corrected chi connectivity index (χ4v) is 1.68. The third kappa shape index (κ3) is 2.46. The molecule has 2 aromatic carbocycles. The normalized spacial score (nSPS) is 9.71. The van der Waals surface area contributed by atoms with E-state index in [1.807, 2.05) is 44.2 Å². The lowest BCUT2D eigenvalue weighted by atomic mass is 10.1. The summed E-state index contributed by atoms with van der Waals surface area (Å²) < 4.78 is 5.83. The van der Waals surface area contributed by atoms with Crippen molar-refractivity contribution in [3.05, 3.63) is 59.2 Å². The van der Waals surface area contributed by atoms with Gasteiger partial charge < -0.3 is 4.74 Å². The second-order valence-corrected chi connectivity index (χ2v) is 3.96. The van der Waals surface area contributed by atoms with E-state index < -0.39 is 0 Å². The summed E-state index contributed by atoms with van der Waals surface area (Å²) in [6, 6.07) is 15.3. The Morgan fingerprint density at radius 2 is 1.53 bits per heavy atom. The quantitative estimate of drug-likeness (QED) is 0.771. The Kier molecular flexibility index (Phi) is 3.11. The van der Waals surface area contributed by atoms with Crippen molar-refractivity contribution in [2.45, 2.75) is 13.8 Å². The molecular weight excluding hydrogens is 210 g/mol. The van der Waals surface area contributed by atoms with Gasteiger partial charge in [0, 0.05) is 0 Å². The van der Waals surface area contributed by atoms with Gasteiger partial charge in [-0.05, 0) is 49.2 Å². The fraction of sp³-hybridized carbons (Fsp3) is 0.133. The van der Waals surface area contributed by atoms with Gasteiger partial charge in [-0.3, -0.25) is 0 Å². The number of benzene rings is 2. The number of nitrogens with zero attached hydrogens (tertiary/aromatic N) is 1. The van der Waals surface area contributed by atoms with Gasteiger partial charge in [-0.2, -0.15) is 5.26 Å². The highest BCUT2D eigenvalue weighted by molar-refractivity contribution is 5.44. The molecule has 0 aliphatic carbocycles. The van der Waals surface area contributed by atoms with E-state index in [1.165, 1.54) is 0 Å². The van der Waals surface area contributed by atoms with E-state index in [0.29, 0.717) is 5.56 Å². The van der Waals surface area contributed by atoms with Gasteiger partial charge >= 0.3 is 0 Å². The second kappa shape index (κ2) is 4.71. The molecule has 84 valence electrons. The first-order valence-corrected chi connectivity index (χ1v) is 5.45. The number of rotatable bonds is 2. The number of hydrogen-bond donors (Lipinski definition) is 0. The number of aryl methyl sites for hydroxylation is 2. The second-order valence-electron chi connectivity index (χ2n) is 3.96. The lowest BCUT2D eigenvalue weighted by Gasteiger charge is -2.11. The van der Waals surface area contributed by atoms with Crippen molar-refractivity contribution in [1.82, 2.24) is 0 Å². The van der Waals surface area contributed by atoms with Crippen LogP contribution in [0.1, 0.15) is 16.7 Å². The van der Waals surface area contributed by atoms with E-state index in [-0.39, 0.29) is 0 Å². The summed E-state index contributed by atoms with van der Waals surface area (Å²) in [7, 11) is 0. The third-order valence-electron chi connectivity index (χ3n) is 2.61. The molecule has 0 heterocycles. The zero-order chi connectivity index (χ0) is 12.3. The molecule has 2 aromatic rings. The van der Waals surface area contributed by atoms with Gasteiger partial charge in [-0.25, -0.2) is 0 Å². The zero-order valence-electron chi connectivity index (χ0n) is 9.90. The largest absolute Gasteiger partial charge is 0.457 e. The van der Waals surface area contributed by atoms with Crippen molar-refractivity contribution in [2.24, 2.45) is 0 Å². The molecule has 0 saturated heterocycles. The molecule has 0 radical (unpaired) electrons. The van der Waals surface area contributed by atoms with Crippen LogP contribution in [0.25, 0.3) is 0 Å². The molecule has 0 bridgehead atoms. The Morgan fingerprint density at radius 1 is 0.941 bits per heavy atom. The van der Waals surface area contributed by atoms with Crippen LogP contribution in [0.15, 0.2) is 42.5 Å². The first kappa shape index (κ1) is 11.2. The molecule has 0 unspecified atom stereocenters. The highest BCUT2D eigenvalue weighted by Gasteiger charge is 2.04. The Labute approximate surface area is 101 Å². The number of nitriles is 1. The minimum absolute atomic E-state index is 0.638. The molecule has 0 amide bonds. The molecule has 0 spiro atoms.